The Morgan fingerprint density at radius 1 is 1.24 bits per heavy atom. The van der Waals surface area contributed by atoms with Gasteiger partial charge in [0.15, 0.2) is 6.10 Å². The number of aryl methyl sites for hydroxylation is 1. The van der Waals surface area contributed by atoms with Gasteiger partial charge in [0.05, 0.1) is 12.2 Å². The molecule has 0 bridgehead atoms. The van der Waals surface area contributed by atoms with Gasteiger partial charge in [-0.3, -0.25) is 4.79 Å². The number of amides is 1. The lowest BCUT2D eigenvalue weighted by Gasteiger charge is -2.33. The number of carbonyl (C=O) groups is 1. The molecule has 0 aromatic heterocycles. The van der Waals surface area contributed by atoms with Crippen LogP contribution in [0.1, 0.15) is 18.1 Å². The van der Waals surface area contributed by atoms with Gasteiger partial charge < -0.3 is 15.4 Å². The largest absolute Gasteiger partial charge is 0.479 e. The molecule has 2 aromatic carbocycles. The molecule has 2 N–H and O–H groups in total. The van der Waals surface area contributed by atoms with Crippen molar-refractivity contribution in [2.75, 3.05) is 10.6 Å². The molecule has 21 heavy (non-hydrogen) atoms. The number of nitrogens with two attached hydrogens (primary N) is 1. The van der Waals surface area contributed by atoms with Crippen molar-refractivity contribution < 1.29 is 9.53 Å². The van der Waals surface area contributed by atoms with Crippen molar-refractivity contribution in [3.05, 3.63) is 53.6 Å². The van der Waals surface area contributed by atoms with Crippen LogP contribution in [0.25, 0.3) is 0 Å². The van der Waals surface area contributed by atoms with E-state index in [2.05, 4.69) is 6.07 Å². The molecular formula is C17H18N2O2. The molecule has 108 valence electrons. The molecule has 1 heterocycles. The van der Waals surface area contributed by atoms with Crippen molar-refractivity contribution in [2.45, 2.75) is 26.5 Å². The molecular weight excluding hydrogens is 264 g/mol. The number of rotatable bonds is 2. The Labute approximate surface area is 124 Å². The number of nitrogens with zero attached hydrogens (tertiary/aromatic N) is 1. The van der Waals surface area contributed by atoms with Crippen LogP contribution in [0.15, 0.2) is 42.5 Å². The third kappa shape index (κ3) is 2.57. The number of fused-ring (bicyclic) bond motifs is 1. The van der Waals surface area contributed by atoms with Crippen LogP contribution in [0.5, 0.6) is 5.75 Å². The minimum Gasteiger partial charge on any atom is -0.479 e. The molecule has 0 aliphatic carbocycles. The number of anilines is 2. The van der Waals surface area contributed by atoms with Crippen molar-refractivity contribution in [1.29, 1.82) is 0 Å². The first-order valence-electron chi connectivity index (χ1n) is 6.98. The predicted octanol–water partition coefficient (Wildman–Crippen LogP) is 2.89. The molecule has 1 aliphatic heterocycles. The van der Waals surface area contributed by atoms with E-state index >= 15 is 0 Å². The molecule has 0 saturated carbocycles. The number of ether oxygens (including phenoxy) is 1. The van der Waals surface area contributed by atoms with Crippen LogP contribution in [-0.2, 0) is 11.3 Å². The van der Waals surface area contributed by atoms with E-state index in [0.29, 0.717) is 18.0 Å². The lowest BCUT2D eigenvalue weighted by atomic mass is 10.1. The number of carbonyl (C=O) groups excluding carboxylic acids is 1. The van der Waals surface area contributed by atoms with Gasteiger partial charge in [-0.1, -0.05) is 29.8 Å². The van der Waals surface area contributed by atoms with Gasteiger partial charge in [-0.25, -0.2) is 0 Å². The lowest BCUT2D eigenvalue weighted by Crippen LogP contribution is -2.44. The summed E-state index contributed by atoms with van der Waals surface area (Å²) in [4.78, 5) is 14.2. The summed E-state index contributed by atoms with van der Waals surface area (Å²) in [6.45, 7) is 4.34. The summed E-state index contributed by atoms with van der Waals surface area (Å²) in [7, 11) is 0. The van der Waals surface area contributed by atoms with Crippen LogP contribution in [0.2, 0.25) is 0 Å². The van der Waals surface area contributed by atoms with Gasteiger partial charge in [-0.2, -0.15) is 0 Å². The van der Waals surface area contributed by atoms with Gasteiger partial charge in [0.25, 0.3) is 5.91 Å². The van der Waals surface area contributed by atoms with E-state index in [1.807, 2.05) is 31.2 Å². The number of benzene rings is 2. The van der Waals surface area contributed by atoms with E-state index < -0.39 is 6.10 Å². The molecule has 3 rings (SSSR count). The predicted molar refractivity (Wildman–Crippen MR) is 83.3 cm³/mol. The molecule has 0 saturated heterocycles. The third-order valence-corrected chi connectivity index (χ3v) is 3.62. The number of nitrogen functional groups attached to an aromatic ring is 1. The molecule has 2 aromatic rings. The maximum absolute atomic E-state index is 12.4. The fourth-order valence-corrected chi connectivity index (χ4v) is 2.58. The van der Waals surface area contributed by atoms with E-state index in [0.717, 1.165) is 11.3 Å². The molecule has 0 fully saturated rings. The summed E-state index contributed by atoms with van der Waals surface area (Å²) in [5.74, 6) is 0.628. The summed E-state index contributed by atoms with van der Waals surface area (Å²) in [6, 6.07) is 13.5. The summed E-state index contributed by atoms with van der Waals surface area (Å²) >= 11 is 0. The van der Waals surface area contributed by atoms with Crippen LogP contribution in [0, 0.1) is 6.92 Å². The van der Waals surface area contributed by atoms with Crippen LogP contribution in [-0.4, -0.2) is 12.0 Å². The minimum absolute atomic E-state index is 0.0335. The van der Waals surface area contributed by atoms with Crippen molar-refractivity contribution in [1.82, 2.24) is 0 Å². The fourth-order valence-electron chi connectivity index (χ4n) is 2.58. The Morgan fingerprint density at radius 2 is 2.05 bits per heavy atom. The highest BCUT2D eigenvalue weighted by atomic mass is 16.5. The Hall–Kier alpha value is -2.49. The summed E-state index contributed by atoms with van der Waals surface area (Å²) in [5.41, 5.74) is 9.48. The van der Waals surface area contributed by atoms with Crippen molar-refractivity contribution >= 4 is 17.3 Å². The average molecular weight is 282 g/mol. The van der Waals surface area contributed by atoms with Crippen molar-refractivity contribution in [3.63, 3.8) is 0 Å². The maximum Gasteiger partial charge on any atom is 0.268 e. The first-order chi connectivity index (χ1) is 10.0. The average Bonchev–Trinajstić information content (AvgIpc) is 2.44. The topological polar surface area (TPSA) is 55.6 Å². The zero-order valence-electron chi connectivity index (χ0n) is 12.2. The molecule has 0 spiro atoms. The van der Waals surface area contributed by atoms with Crippen LogP contribution in [0.3, 0.4) is 0 Å². The Balaban J connectivity index is 1.99. The Kier molecular flexibility index (Phi) is 3.29. The standard InChI is InChI=1S/C17H18N2O2/c1-11-4-3-5-13(8-11)10-19-15-7-6-14(18)9-16(15)21-12(2)17(19)20/h3-9,12H,10,18H2,1-2H3. The molecule has 1 aliphatic rings. The minimum atomic E-state index is -0.496. The zero-order valence-corrected chi connectivity index (χ0v) is 12.2. The lowest BCUT2D eigenvalue weighted by molar-refractivity contribution is -0.125. The summed E-state index contributed by atoms with van der Waals surface area (Å²) in [6.07, 6.45) is -0.496. The fraction of sp³-hybridized carbons (Fsp3) is 0.235. The van der Waals surface area contributed by atoms with E-state index in [1.165, 1.54) is 5.56 Å². The third-order valence-electron chi connectivity index (χ3n) is 3.62. The monoisotopic (exact) mass is 282 g/mol. The van der Waals surface area contributed by atoms with Crippen molar-refractivity contribution in [3.8, 4) is 5.75 Å². The van der Waals surface area contributed by atoms with E-state index in [1.54, 1.807) is 24.0 Å². The molecule has 4 nitrogen and oxygen atoms in total. The quantitative estimate of drug-likeness (QED) is 0.862. The van der Waals surface area contributed by atoms with Gasteiger partial charge in [-0.05, 0) is 31.5 Å². The first-order valence-corrected chi connectivity index (χ1v) is 6.98. The Morgan fingerprint density at radius 3 is 2.81 bits per heavy atom. The molecule has 1 amide bonds. The van der Waals surface area contributed by atoms with Gasteiger partial charge in [0, 0.05) is 11.8 Å². The maximum atomic E-state index is 12.4. The van der Waals surface area contributed by atoms with E-state index in [-0.39, 0.29) is 5.91 Å². The highest BCUT2D eigenvalue weighted by Crippen LogP contribution is 2.36. The highest BCUT2D eigenvalue weighted by molar-refractivity contribution is 6.00. The highest BCUT2D eigenvalue weighted by Gasteiger charge is 2.31. The molecule has 4 heteroatoms. The molecule has 1 unspecified atom stereocenters. The molecule has 1 atom stereocenters. The number of hydrogen-bond donors (Lipinski definition) is 1. The Bertz CT molecular complexity index is 697. The van der Waals surface area contributed by atoms with Crippen LogP contribution < -0.4 is 15.4 Å². The van der Waals surface area contributed by atoms with Crippen LogP contribution in [0.4, 0.5) is 11.4 Å². The summed E-state index contributed by atoms with van der Waals surface area (Å²) < 4.78 is 5.65. The first kappa shape index (κ1) is 13.5. The van der Waals surface area contributed by atoms with Gasteiger partial charge in [-0.15, -0.1) is 0 Å². The summed E-state index contributed by atoms with van der Waals surface area (Å²) in [5, 5.41) is 0. The second-order valence-corrected chi connectivity index (χ2v) is 5.40. The second-order valence-electron chi connectivity index (χ2n) is 5.40. The molecule has 0 radical (unpaired) electrons. The van der Waals surface area contributed by atoms with Crippen molar-refractivity contribution in [2.24, 2.45) is 0 Å². The zero-order chi connectivity index (χ0) is 15.0. The van der Waals surface area contributed by atoms with E-state index in [4.69, 9.17) is 10.5 Å². The number of hydrogen-bond acceptors (Lipinski definition) is 3. The SMILES string of the molecule is Cc1cccc(CN2C(=O)C(C)Oc3cc(N)ccc32)c1. The van der Waals surface area contributed by atoms with Crippen LogP contribution >= 0.6 is 0 Å². The van der Waals surface area contributed by atoms with Gasteiger partial charge in [0.1, 0.15) is 5.75 Å². The van der Waals surface area contributed by atoms with Gasteiger partial charge in [0.2, 0.25) is 0 Å². The van der Waals surface area contributed by atoms with E-state index in [9.17, 15) is 4.79 Å². The second kappa shape index (κ2) is 5.13. The van der Waals surface area contributed by atoms with Gasteiger partial charge >= 0.3 is 0 Å². The smallest absolute Gasteiger partial charge is 0.268 e. The normalized spacial score (nSPS) is 17.3.